The second-order valence-corrected chi connectivity index (χ2v) is 12.5. The molecule has 0 N–H and O–H groups in total. The molecule has 7 aromatic carbocycles. The maximum Gasteiger partial charge on any atom is 0.252 e. The molecule has 0 bridgehead atoms. The van der Waals surface area contributed by atoms with Crippen molar-refractivity contribution in [1.82, 2.24) is 4.40 Å². The number of para-hydroxylation sites is 5. The van der Waals surface area contributed by atoms with E-state index in [0.29, 0.717) is 0 Å². The van der Waals surface area contributed by atoms with Crippen LogP contribution in [0.3, 0.4) is 0 Å². The molecule has 0 atom stereocenters. The van der Waals surface area contributed by atoms with Gasteiger partial charge in [0.2, 0.25) is 0 Å². The number of nitrogens with zero attached hydrogens (tertiary/aromatic N) is 3. The predicted molar refractivity (Wildman–Crippen MR) is 195 cm³/mol. The number of hydrogen-bond donors (Lipinski definition) is 0. The Bertz CT molecular complexity index is 2660. The van der Waals surface area contributed by atoms with Gasteiger partial charge in [-0.2, -0.15) is 0 Å². The molecule has 0 unspecified atom stereocenters. The summed E-state index contributed by atoms with van der Waals surface area (Å²) in [6.45, 7) is 0.0767. The Hall–Kier alpha value is -6.00. The van der Waals surface area contributed by atoms with Crippen LogP contribution in [0.5, 0.6) is 0 Å². The highest BCUT2D eigenvalue weighted by Gasteiger charge is 2.44. The van der Waals surface area contributed by atoms with E-state index in [9.17, 15) is 0 Å². The first-order valence-corrected chi connectivity index (χ1v) is 16.0. The van der Waals surface area contributed by atoms with Gasteiger partial charge in [0.05, 0.1) is 22.2 Å². The topological polar surface area (TPSA) is 10.9 Å². The zero-order valence-corrected chi connectivity index (χ0v) is 24.9. The quantitative estimate of drug-likeness (QED) is 0.188. The van der Waals surface area contributed by atoms with Gasteiger partial charge in [-0.3, -0.25) is 0 Å². The zero-order chi connectivity index (χ0) is 29.9. The highest BCUT2D eigenvalue weighted by Crippen LogP contribution is 2.49. The summed E-state index contributed by atoms with van der Waals surface area (Å²) in [5, 5.41) is 5.23. The fraction of sp³-hybridized carbons (Fsp3) is 0. The minimum atomic E-state index is 0.0767. The molecule has 3 nitrogen and oxygen atoms in total. The molecular weight excluding hydrogens is 557 g/mol. The predicted octanol–water partition coefficient (Wildman–Crippen LogP) is 8.92. The molecule has 2 aromatic heterocycles. The normalized spacial score (nSPS) is 13.5. The van der Waals surface area contributed by atoms with Crippen LogP contribution in [0.2, 0.25) is 0 Å². The van der Waals surface area contributed by atoms with Crippen LogP contribution in [0, 0.1) is 0 Å². The van der Waals surface area contributed by atoms with Gasteiger partial charge in [-0.25, -0.2) is 0 Å². The summed E-state index contributed by atoms with van der Waals surface area (Å²) < 4.78 is 2.50. The Kier molecular flexibility index (Phi) is 4.66. The Morgan fingerprint density at radius 3 is 1.74 bits per heavy atom. The Labute approximate surface area is 266 Å². The summed E-state index contributed by atoms with van der Waals surface area (Å²) >= 11 is 0. The fourth-order valence-electron chi connectivity index (χ4n) is 8.58. The molecule has 2 aliphatic rings. The van der Waals surface area contributed by atoms with Crippen LogP contribution < -0.4 is 26.2 Å². The maximum atomic E-state index is 2.54. The second-order valence-electron chi connectivity index (χ2n) is 12.5. The number of hydrogen-bond acceptors (Lipinski definition) is 2. The first-order chi connectivity index (χ1) is 22.9. The lowest BCUT2D eigenvalue weighted by atomic mass is 9.33. The summed E-state index contributed by atoms with van der Waals surface area (Å²) in [4.78, 5) is 5.00. The van der Waals surface area contributed by atoms with Gasteiger partial charge in [-0.05, 0) is 71.0 Å². The van der Waals surface area contributed by atoms with Crippen molar-refractivity contribution >= 4 is 95.3 Å². The summed E-state index contributed by atoms with van der Waals surface area (Å²) in [5.74, 6) is 0. The van der Waals surface area contributed by atoms with E-state index in [1.54, 1.807) is 0 Å². The van der Waals surface area contributed by atoms with Crippen LogP contribution in [0.1, 0.15) is 0 Å². The van der Waals surface area contributed by atoms with Crippen molar-refractivity contribution in [2.24, 2.45) is 0 Å². The fourth-order valence-corrected chi connectivity index (χ4v) is 8.58. The maximum absolute atomic E-state index is 2.54. The highest BCUT2D eigenvalue weighted by molar-refractivity contribution is 7.00. The van der Waals surface area contributed by atoms with Gasteiger partial charge in [0, 0.05) is 50.0 Å². The average Bonchev–Trinajstić information content (AvgIpc) is 3.64. The van der Waals surface area contributed by atoms with Crippen molar-refractivity contribution in [3.63, 3.8) is 0 Å². The van der Waals surface area contributed by atoms with Gasteiger partial charge in [0.25, 0.3) is 6.71 Å². The molecule has 0 saturated heterocycles. The van der Waals surface area contributed by atoms with Crippen LogP contribution in [0.4, 0.5) is 34.1 Å². The van der Waals surface area contributed by atoms with Gasteiger partial charge >= 0.3 is 0 Å². The third-order valence-corrected chi connectivity index (χ3v) is 10.3. The molecule has 4 heterocycles. The number of anilines is 6. The van der Waals surface area contributed by atoms with Crippen molar-refractivity contribution in [3.8, 4) is 0 Å². The monoisotopic (exact) mass is 583 g/mol. The van der Waals surface area contributed by atoms with E-state index >= 15 is 0 Å². The smallest absolute Gasteiger partial charge is 0.252 e. The Morgan fingerprint density at radius 1 is 0.413 bits per heavy atom. The van der Waals surface area contributed by atoms with E-state index < -0.39 is 0 Å². The van der Waals surface area contributed by atoms with Gasteiger partial charge < -0.3 is 14.2 Å². The van der Waals surface area contributed by atoms with Crippen molar-refractivity contribution in [3.05, 3.63) is 158 Å². The van der Waals surface area contributed by atoms with Crippen LogP contribution in [0.15, 0.2) is 158 Å². The zero-order valence-electron chi connectivity index (χ0n) is 24.9. The van der Waals surface area contributed by atoms with Gasteiger partial charge in [-0.1, -0.05) is 103 Å². The molecule has 0 spiro atoms. The molecule has 0 saturated carbocycles. The molecule has 0 amide bonds. The average molecular weight is 584 g/mol. The van der Waals surface area contributed by atoms with Crippen molar-refractivity contribution in [2.45, 2.75) is 0 Å². The summed E-state index contributed by atoms with van der Waals surface area (Å²) in [6.07, 6.45) is 0. The SMILES string of the molecule is c1ccc(N2c3ccccc3B3c4cc5c6ccccc6n6c7ccccc7c(c4N(c4ccccc4)c4cccc2c43)c56)cc1. The third kappa shape index (κ3) is 2.94. The molecule has 0 radical (unpaired) electrons. The van der Waals surface area contributed by atoms with Gasteiger partial charge in [0.15, 0.2) is 0 Å². The summed E-state index contributed by atoms with van der Waals surface area (Å²) in [7, 11) is 0. The molecule has 0 fully saturated rings. The largest absolute Gasteiger partial charge is 0.311 e. The van der Waals surface area contributed by atoms with Crippen LogP contribution in [-0.4, -0.2) is 11.1 Å². The van der Waals surface area contributed by atoms with Crippen LogP contribution >= 0.6 is 0 Å². The van der Waals surface area contributed by atoms with E-state index in [4.69, 9.17) is 0 Å². The second kappa shape index (κ2) is 8.80. The molecule has 11 rings (SSSR count). The number of aromatic nitrogens is 1. The van der Waals surface area contributed by atoms with Gasteiger partial charge in [0.1, 0.15) is 0 Å². The van der Waals surface area contributed by atoms with Gasteiger partial charge in [-0.15, -0.1) is 0 Å². The number of rotatable bonds is 2. The first kappa shape index (κ1) is 24.3. The molecule has 46 heavy (non-hydrogen) atoms. The molecule has 2 aliphatic heterocycles. The molecule has 9 aromatic rings. The van der Waals surface area contributed by atoms with E-state index in [-0.39, 0.29) is 6.71 Å². The van der Waals surface area contributed by atoms with E-state index in [1.165, 1.54) is 88.6 Å². The van der Waals surface area contributed by atoms with Crippen molar-refractivity contribution in [2.75, 3.05) is 9.80 Å². The lowest BCUT2D eigenvalue weighted by Gasteiger charge is -2.44. The van der Waals surface area contributed by atoms with E-state index in [0.717, 1.165) is 0 Å². The number of benzene rings is 7. The minimum absolute atomic E-state index is 0.0767. The first-order valence-electron chi connectivity index (χ1n) is 16.0. The Balaban J connectivity index is 1.36. The van der Waals surface area contributed by atoms with E-state index in [2.05, 4.69) is 172 Å². The van der Waals surface area contributed by atoms with E-state index in [1.807, 2.05) is 0 Å². The van der Waals surface area contributed by atoms with Crippen molar-refractivity contribution in [1.29, 1.82) is 0 Å². The lowest BCUT2D eigenvalue weighted by molar-refractivity contribution is 1.26. The molecular formula is C42H26BN3. The summed E-state index contributed by atoms with van der Waals surface area (Å²) in [5.41, 5.74) is 15.2. The summed E-state index contributed by atoms with van der Waals surface area (Å²) in [6, 6.07) is 58.0. The molecule has 4 heteroatoms. The van der Waals surface area contributed by atoms with Crippen LogP contribution in [-0.2, 0) is 0 Å². The van der Waals surface area contributed by atoms with Crippen molar-refractivity contribution < 1.29 is 0 Å². The molecule has 0 aliphatic carbocycles. The number of fused-ring (bicyclic) bond motifs is 11. The standard InChI is InChI=1S/C42H26BN3/c1-3-14-27(15-4-1)44-36-23-12-9-20-32(36)43-33-26-31-29-18-7-10-21-34(29)46-35-22-11-8-19-30(35)39(41(31)46)42(33)45(28-16-5-2-6-17-28)38-25-13-24-37(44)40(38)43/h1-26H. The third-order valence-electron chi connectivity index (χ3n) is 10.3. The molecule has 212 valence electrons. The van der Waals surface area contributed by atoms with Crippen LogP contribution in [0.25, 0.3) is 38.1 Å². The highest BCUT2D eigenvalue weighted by atomic mass is 15.2. The Morgan fingerprint density at radius 2 is 0.978 bits per heavy atom. The minimum Gasteiger partial charge on any atom is -0.311 e. The lowest BCUT2D eigenvalue weighted by Crippen LogP contribution is -2.61.